The lowest BCUT2D eigenvalue weighted by atomic mass is 10.1. The molecule has 0 saturated heterocycles. The van der Waals surface area contributed by atoms with Crippen molar-refractivity contribution >= 4 is 23.6 Å². The number of hydrogen-bond acceptors (Lipinski definition) is 3. The number of amides is 2. The van der Waals surface area contributed by atoms with E-state index in [9.17, 15) is 9.59 Å². The number of aryl methyl sites for hydroxylation is 1. The molecule has 2 rings (SSSR count). The first-order chi connectivity index (χ1) is 14.4. The zero-order chi connectivity index (χ0) is 21.9. The van der Waals surface area contributed by atoms with Crippen LogP contribution in [0.1, 0.15) is 50.3 Å². The maximum atomic E-state index is 13.2. The van der Waals surface area contributed by atoms with Gasteiger partial charge in [0.15, 0.2) is 0 Å². The summed E-state index contributed by atoms with van der Waals surface area (Å²) in [6.45, 7) is 8.49. The molecule has 2 atom stereocenters. The molecule has 2 amide bonds. The van der Waals surface area contributed by atoms with Crippen molar-refractivity contribution < 1.29 is 9.59 Å². The molecule has 0 heterocycles. The molecule has 0 unspecified atom stereocenters. The van der Waals surface area contributed by atoms with Gasteiger partial charge in [-0.1, -0.05) is 74.0 Å². The van der Waals surface area contributed by atoms with Crippen molar-refractivity contribution in [3.05, 3.63) is 71.3 Å². The minimum Gasteiger partial charge on any atom is -0.352 e. The maximum Gasteiger partial charge on any atom is 0.243 e. The van der Waals surface area contributed by atoms with E-state index in [4.69, 9.17) is 0 Å². The van der Waals surface area contributed by atoms with E-state index in [0.717, 1.165) is 17.7 Å². The zero-order valence-corrected chi connectivity index (χ0v) is 19.4. The van der Waals surface area contributed by atoms with Gasteiger partial charge in [0, 0.05) is 18.3 Å². The Morgan fingerprint density at radius 2 is 1.63 bits per heavy atom. The summed E-state index contributed by atoms with van der Waals surface area (Å²) in [5, 5.41) is 3.05. The number of nitrogens with one attached hydrogen (secondary N) is 1. The summed E-state index contributed by atoms with van der Waals surface area (Å²) in [6, 6.07) is 17.9. The molecule has 1 N–H and O–H groups in total. The Morgan fingerprint density at radius 3 is 2.23 bits per heavy atom. The van der Waals surface area contributed by atoms with Gasteiger partial charge in [0.05, 0.1) is 5.75 Å². The number of thioether (sulfide) groups is 1. The molecule has 2 aromatic rings. The quantitative estimate of drug-likeness (QED) is 0.553. The van der Waals surface area contributed by atoms with Gasteiger partial charge in [-0.25, -0.2) is 0 Å². The van der Waals surface area contributed by atoms with Gasteiger partial charge in [-0.2, -0.15) is 0 Å². The van der Waals surface area contributed by atoms with Crippen LogP contribution in [0.2, 0.25) is 0 Å². The molecule has 0 radical (unpaired) electrons. The molecule has 0 aliphatic heterocycles. The third-order valence-corrected chi connectivity index (χ3v) is 6.19. The molecule has 2 aromatic carbocycles. The smallest absolute Gasteiger partial charge is 0.243 e. The van der Waals surface area contributed by atoms with Crippen molar-refractivity contribution in [3.8, 4) is 0 Å². The molecule has 5 heteroatoms. The highest BCUT2D eigenvalue weighted by Gasteiger charge is 2.29. The van der Waals surface area contributed by atoms with Gasteiger partial charge in [0.2, 0.25) is 11.8 Å². The fraction of sp³-hybridized carbons (Fsp3) is 0.440. The first-order valence-electron chi connectivity index (χ1n) is 10.7. The van der Waals surface area contributed by atoms with Crippen LogP contribution >= 0.6 is 11.8 Å². The Kier molecular flexibility index (Phi) is 9.95. The number of carbonyl (C=O) groups is 2. The van der Waals surface area contributed by atoms with Crippen LogP contribution in [0.15, 0.2) is 54.6 Å². The van der Waals surface area contributed by atoms with Crippen LogP contribution in [0.25, 0.3) is 0 Å². The molecule has 0 aliphatic rings. The van der Waals surface area contributed by atoms with Crippen molar-refractivity contribution in [3.63, 3.8) is 0 Å². The largest absolute Gasteiger partial charge is 0.352 e. The minimum absolute atomic E-state index is 0.00246. The third-order valence-electron chi connectivity index (χ3n) is 5.20. The lowest BCUT2D eigenvalue weighted by molar-refractivity contribution is -0.139. The van der Waals surface area contributed by atoms with E-state index >= 15 is 0 Å². The van der Waals surface area contributed by atoms with E-state index in [-0.39, 0.29) is 17.9 Å². The fourth-order valence-electron chi connectivity index (χ4n) is 3.16. The van der Waals surface area contributed by atoms with Crippen molar-refractivity contribution in [1.29, 1.82) is 0 Å². The van der Waals surface area contributed by atoms with E-state index in [1.54, 1.807) is 16.7 Å². The maximum absolute atomic E-state index is 13.2. The van der Waals surface area contributed by atoms with Crippen LogP contribution in [-0.4, -0.2) is 34.6 Å². The van der Waals surface area contributed by atoms with E-state index in [0.29, 0.717) is 18.7 Å². The molecule has 162 valence electrons. The molecule has 0 saturated carbocycles. The highest BCUT2D eigenvalue weighted by atomic mass is 32.2. The summed E-state index contributed by atoms with van der Waals surface area (Å²) in [7, 11) is 0. The molecular formula is C25H34N2O2S. The van der Waals surface area contributed by atoms with Crippen molar-refractivity contribution in [2.75, 3.05) is 5.75 Å². The Bertz CT molecular complexity index is 793. The highest BCUT2D eigenvalue weighted by Crippen LogP contribution is 2.18. The van der Waals surface area contributed by atoms with Gasteiger partial charge in [-0.15, -0.1) is 11.8 Å². The average molecular weight is 427 g/mol. The van der Waals surface area contributed by atoms with Crippen LogP contribution < -0.4 is 5.32 Å². The molecule has 4 nitrogen and oxygen atoms in total. The predicted molar refractivity (Wildman–Crippen MR) is 126 cm³/mol. The topological polar surface area (TPSA) is 49.4 Å². The number of nitrogens with zero attached hydrogens (tertiary/aromatic N) is 1. The van der Waals surface area contributed by atoms with Crippen molar-refractivity contribution in [2.24, 2.45) is 0 Å². The Balaban J connectivity index is 2.12. The summed E-state index contributed by atoms with van der Waals surface area (Å²) in [6.07, 6.45) is 1.45. The third kappa shape index (κ3) is 7.52. The second-order valence-electron chi connectivity index (χ2n) is 7.73. The molecule has 0 bridgehead atoms. The second-order valence-corrected chi connectivity index (χ2v) is 8.71. The van der Waals surface area contributed by atoms with Gasteiger partial charge in [-0.3, -0.25) is 9.59 Å². The van der Waals surface area contributed by atoms with E-state index in [1.807, 2.05) is 70.2 Å². The monoisotopic (exact) mass is 426 g/mol. The minimum atomic E-state index is -0.467. The molecule has 0 spiro atoms. The van der Waals surface area contributed by atoms with Crippen molar-refractivity contribution in [1.82, 2.24) is 10.2 Å². The van der Waals surface area contributed by atoms with Crippen LogP contribution in [0.4, 0.5) is 0 Å². The molecular weight excluding hydrogens is 392 g/mol. The van der Waals surface area contributed by atoms with Crippen LogP contribution in [0.5, 0.6) is 0 Å². The summed E-state index contributed by atoms with van der Waals surface area (Å²) in [5.41, 5.74) is 3.41. The SMILES string of the molecule is CC[C@H](C(=O)N[C@@H](C)CC)N(Cc1ccc(C)cc1)C(=O)CSCc1ccccc1. The number of carbonyl (C=O) groups excluding carboxylic acids is 2. The second kappa shape index (κ2) is 12.4. The van der Waals surface area contributed by atoms with Gasteiger partial charge in [0.25, 0.3) is 0 Å². The van der Waals surface area contributed by atoms with E-state index in [2.05, 4.69) is 17.4 Å². The predicted octanol–water partition coefficient (Wildman–Crippen LogP) is 4.95. The standard InChI is InChI=1S/C25H34N2O2S/c1-5-20(4)26-25(29)23(6-2)27(16-21-14-12-19(3)13-15-21)24(28)18-30-17-22-10-8-7-9-11-22/h7-15,20,23H,5-6,16-18H2,1-4H3,(H,26,29)/t20-,23+/m0/s1. The van der Waals surface area contributed by atoms with E-state index < -0.39 is 6.04 Å². The van der Waals surface area contributed by atoms with Crippen LogP contribution in [0.3, 0.4) is 0 Å². The zero-order valence-electron chi connectivity index (χ0n) is 18.6. The van der Waals surface area contributed by atoms with Gasteiger partial charge < -0.3 is 10.2 Å². The Labute approximate surface area is 185 Å². The van der Waals surface area contributed by atoms with Crippen molar-refractivity contribution in [2.45, 2.75) is 64.9 Å². The molecule has 0 aromatic heterocycles. The van der Waals surface area contributed by atoms with Gasteiger partial charge >= 0.3 is 0 Å². The van der Waals surface area contributed by atoms with Crippen LogP contribution in [-0.2, 0) is 21.9 Å². The molecule has 30 heavy (non-hydrogen) atoms. The summed E-state index contributed by atoms with van der Waals surface area (Å²) in [4.78, 5) is 27.9. The molecule has 0 fully saturated rings. The Morgan fingerprint density at radius 1 is 0.967 bits per heavy atom. The number of rotatable bonds is 11. The first kappa shape index (κ1) is 24.0. The average Bonchev–Trinajstić information content (AvgIpc) is 2.75. The van der Waals surface area contributed by atoms with E-state index in [1.165, 1.54) is 11.1 Å². The summed E-state index contributed by atoms with van der Waals surface area (Å²) >= 11 is 1.59. The Hall–Kier alpha value is -2.27. The highest BCUT2D eigenvalue weighted by molar-refractivity contribution is 7.99. The first-order valence-corrected chi connectivity index (χ1v) is 11.9. The lowest BCUT2D eigenvalue weighted by Crippen LogP contribution is -2.51. The number of benzene rings is 2. The lowest BCUT2D eigenvalue weighted by Gasteiger charge is -2.31. The fourth-order valence-corrected chi connectivity index (χ4v) is 4.03. The normalized spacial score (nSPS) is 12.8. The van der Waals surface area contributed by atoms with Gasteiger partial charge in [0.1, 0.15) is 6.04 Å². The summed E-state index contributed by atoms with van der Waals surface area (Å²) < 4.78 is 0. The van der Waals surface area contributed by atoms with Gasteiger partial charge in [-0.05, 0) is 37.8 Å². The number of hydrogen-bond donors (Lipinski definition) is 1. The summed E-state index contributed by atoms with van der Waals surface area (Å²) in [5.74, 6) is 1.07. The van der Waals surface area contributed by atoms with Crippen LogP contribution in [0, 0.1) is 6.92 Å². The molecule has 0 aliphatic carbocycles.